The second kappa shape index (κ2) is 7.64. The minimum absolute atomic E-state index is 0.192. The van der Waals surface area contributed by atoms with Gasteiger partial charge in [0.25, 0.3) is 6.47 Å². The molecule has 14 heavy (non-hydrogen) atoms. The van der Waals surface area contributed by atoms with E-state index in [0.717, 1.165) is 19.3 Å². The fourth-order valence-electron chi connectivity index (χ4n) is 1.09. The second-order valence-electron chi connectivity index (χ2n) is 3.10. The monoisotopic (exact) mass is 212 g/mol. The number of halogens is 3. The Hall–Kier alpha value is -0.740. The Kier molecular flexibility index (Phi) is 7.24. The molecule has 0 aromatic carbocycles. The van der Waals surface area contributed by atoms with Crippen LogP contribution in [0.2, 0.25) is 0 Å². The van der Waals surface area contributed by atoms with Gasteiger partial charge in [0.05, 0.1) is 6.61 Å². The lowest BCUT2D eigenvalue weighted by atomic mass is 10.1. The van der Waals surface area contributed by atoms with Crippen molar-refractivity contribution in [1.82, 2.24) is 0 Å². The summed E-state index contributed by atoms with van der Waals surface area (Å²) in [6.07, 6.45) is -1.65. The summed E-state index contributed by atoms with van der Waals surface area (Å²) in [6, 6.07) is 0. The first-order chi connectivity index (χ1) is 6.56. The SMILES string of the molecule is O=COCCCCCCCC(F)(F)F. The van der Waals surface area contributed by atoms with E-state index in [2.05, 4.69) is 4.74 Å². The lowest BCUT2D eigenvalue weighted by Crippen LogP contribution is -2.06. The Balaban J connectivity index is 3.03. The standard InChI is InChI=1S/C9H15F3O2/c10-9(11,12)6-4-2-1-3-5-7-14-8-13/h8H,1-7H2. The van der Waals surface area contributed by atoms with Gasteiger partial charge in [0.1, 0.15) is 0 Å². The summed E-state index contributed by atoms with van der Waals surface area (Å²) in [5.74, 6) is 0. The van der Waals surface area contributed by atoms with Crippen LogP contribution in [0.3, 0.4) is 0 Å². The van der Waals surface area contributed by atoms with Gasteiger partial charge >= 0.3 is 6.18 Å². The third-order valence-electron chi connectivity index (χ3n) is 1.79. The molecule has 0 atom stereocenters. The second-order valence-corrected chi connectivity index (χ2v) is 3.10. The Labute approximate surface area is 81.4 Å². The fourth-order valence-corrected chi connectivity index (χ4v) is 1.09. The van der Waals surface area contributed by atoms with Crippen molar-refractivity contribution < 1.29 is 22.7 Å². The third-order valence-corrected chi connectivity index (χ3v) is 1.79. The van der Waals surface area contributed by atoms with Gasteiger partial charge in [-0.3, -0.25) is 4.79 Å². The molecule has 0 aromatic rings. The smallest absolute Gasteiger partial charge is 0.389 e. The number of rotatable bonds is 8. The highest BCUT2D eigenvalue weighted by molar-refractivity contribution is 5.36. The summed E-state index contributed by atoms with van der Waals surface area (Å²) in [7, 11) is 0. The maximum absolute atomic E-state index is 11.7. The van der Waals surface area contributed by atoms with Crippen LogP contribution < -0.4 is 0 Å². The average molecular weight is 212 g/mol. The molecular weight excluding hydrogens is 197 g/mol. The van der Waals surface area contributed by atoms with Gasteiger partial charge in [-0.05, 0) is 12.8 Å². The van der Waals surface area contributed by atoms with Crippen molar-refractivity contribution in [3.8, 4) is 0 Å². The van der Waals surface area contributed by atoms with Crippen molar-refractivity contribution >= 4 is 6.47 Å². The first-order valence-electron chi connectivity index (χ1n) is 4.68. The number of carbonyl (C=O) groups excluding carboxylic acids is 1. The van der Waals surface area contributed by atoms with E-state index in [9.17, 15) is 18.0 Å². The van der Waals surface area contributed by atoms with Crippen LogP contribution in [0.5, 0.6) is 0 Å². The summed E-state index contributed by atoms with van der Waals surface area (Å²) in [5, 5.41) is 0. The zero-order valence-electron chi connectivity index (χ0n) is 7.98. The van der Waals surface area contributed by atoms with Crippen LogP contribution in [-0.4, -0.2) is 19.3 Å². The van der Waals surface area contributed by atoms with Crippen LogP contribution in [0.25, 0.3) is 0 Å². The zero-order valence-corrected chi connectivity index (χ0v) is 7.98. The molecule has 0 aromatic heterocycles. The Morgan fingerprint density at radius 3 is 2.14 bits per heavy atom. The highest BCUT2D eigenvalue weighted by atomic mass is 19.4. The van der Waals surface area contributed by atoms with E-state index < -0.39 is 12.6 Å². The third kappa shape index (κ3) is 11.3. The van der Waals surface area contributed by atoms with Crippen LogP contribution in [0, 0.1) is 0 Å². The van der Waals surface area contributed by atoms with Gasteiger partial charge in [-0.15, -0.1) is 0 Å². The van der Waals surface area contributed by atoms with Gasteiger partial charge in [-0.2, -0.15) is 13.2 Å². The molecule has 0 amide bonds. The average Bonchev–Trinajstić information content (AvgIpc) is 2.08. The van der Waals surface area contributed by atoms with E-state index in [1.807, 2.05) is 0 Å². The first kappa shape index (κ1) is 13.3. The van der Waals surface area contributed by atoms with E-state index >= 15 is 0 Å². The summed E-state index contributed by atoms with van der Waals surface area (Å²) >= 11 is 0. The Morgan fingerprint density at radius 1 is 1.00 bits per heavy atom. The molecule has 84 valence electrons. The van der Waals surface area contributed by atoms with Gasteiger partial charge in [-0.1, -0.05) is 19.3 Å². The summed E-state index contributed by atoms with van der Waals surface area (Å²) < 4.78 is 39.5. The minimum atomic E-state index is -4.03. The predicted molar refractivity (Wildman–Crippen MR) is 45.8 cm³/mol. The number of hydrogen-bond acceptors (Lipinski definition) is 2. The largest absolute Gasteiger partial charge is 0.468 e. The molecule has 0 fully saturated rings. The van der Waals surface area contributed by atoms with E-state index in [-0.39, 0.29) is 6.42 Å². The summed E-state index contributed by atoms with van der Waals surface area (Å²) in [6.45, 7) is 0.742. The van der Waals surface area contributed by atoms with Gasteiger partial charge < -0.3 is 4.74 Å². The van der Waals surface area contributed by atoms with Crippen LogP contribution >= 0.6 is 0 Å². The van der Waals surface area contributed by atoms with Crippen molar-refractivity contribution in [2.75, 3.05) is 6.61 Å². The van der Waals surface area contributed by atoms with Gasteiger partial charge in [-0.25, -0.2) is 0 Å². The molecule has 0 rings (SSSR count). The maximum Gasteiger partial charge on any atom is 0.389 e. The number of unbranched alkanes of at least 4 members (excludes halogenated alkanes) is 4. The topological polar surface area (TPSA) is 26.3 Å². The van der Waals surface area contributed by atoms with E-state index in [1.54, 1.807) is 0 Å². The summed E-state index contributed by atoms with van der Waals surface area (Å²) in [5.41, 5.74) is 0. The van der Waals surface area contributed by atoms with Crippen molar-refractivity contribution in [2.45, 2.75) is 44.7 Å². The molecule has 0 spiro atoms. The maximum atomic E-state index is 11.7. The first-order valence-corrected chi connectivity index (χ1v) is 4.68. The highest BCUT2D eigenvalue weighted by Crippen LogP contribution is 2.22. The molecule has 5 heteroatoms. The molecule has 0 bridgehead atoms. The quantitative estimate of drug-likeness (QED) is 0.456. The summed E-state index contributed by atoms with van der Waals surface area (Å²) in [4.78, 5) is 9.70. The number of hydrogen-bond donors (Lipinski definition) is 0. The number of ether oxygens (including phenoxy) is 1. The van der Waals surface area contributed by atoms with E-state index in [4.69, 9.17) is 0 Å². The Morgan fingerprint density at radius 2 is 1.57 bits per heavy atom. The van der Waals surface area contributed by atoms with Crippen molar-refractivity contribution in [3.63, 3.8) is 0 Å². The molecule has 2 nitrogen and oxygen atoms in total. The normalized spacial score (nSPS) is 11.4. The van der Waals surface area contributed by atoms with E-state index in [1.165, 1.54) is 0 Å². The molecule has 0 saturated heterocycles. The highest BCUT2D eigenvalue weighted by Gasteiger charge is 2.25. The van der Waals surface area contributed by atoms with Crippen molar-refractivity contribution in [3.05, 3.63) is 0 Å². The van der Waals surface area contributed by atoms with Crippen LogP contribution in [-0.2, 0) is 9.53 Å². The van der Waals surface area contributed by atoms with Crippen LogP contribution in [0.15, 0.2) is 0 Å². The predicted octanol–water partition coefficient (Wildman–Crippen LogP) is 3.06. The van der Waals surface area contributed by atoms with E-state index in [0.29, 0.717) is 19.5 Å². The molecule has 0 heterocycles. The molecule has 0 aliphatic heterocycles. The molecular formula is C9H15F3O2. The van der Waals surface area contributed by atoms with Gasteiger partial charge in [0.15, 0.2) is 0 Å². The molecule has 0 radical (unpaired) electrons. The number of alkyl halides is 3. The molecule has 0 aliphatic carbocycles. The Bertz CT molecular complexity index is 145. The van der Waals surface area contributed by atoms with Crippen LogP contribution in [0.1, 0.15) is 38.5 Å². The molecule has 0 aliphatic rings. The lowest BCUT2D eigenvalue weighted by molar-refractivity contribution is -0.135. The van der Waals surface area contributed by atoms with Gasteiger partial charge in [0.2, 0.25) is 0 Å². The zero-order chi connectivity index (χ0) is 10.9. The minimum Gasteiger partial charge on any atom is -0.468 e. The van der Waals surface area contributed by atoms with Crippen LogP contribution in [0.4, 0.5) is 13.2 Å². The number of carbonyl (C=O) groups is 1. The molecule has 0 unspecified atom stereocenters. The lowest BCUT2D eigenvalue weighted by Gasteiger charge is -2.05. The molecule has 0 saturated carbocycles. The fraction of sp³-hybridized carbons (Fsp3) is 0.889. The molecule has 0 N–H and O–H groups in total. The van der Waals surface area contributed by atoms with Crippen molar-refractivity contribution in [1.29, 1.82) is 0 Å². The van der Waals surface area contributed by atoms with Crippen molar-refractivity contribution in [2.24, 2.45) is 0 Å². The van der Waals surface area contributed by atoms with Gasteiger partial charge in [0, 0.05) is 6.42 Å².